The van der Waals surface area contributed by atoms with E-state index in [1.54, 1.807) is 7.11 Å². The van der Waals surface area contributed by atoms with E-state index in [9.17, 15) is 0 Å². The number of hydrogen-bond donors (Lipinski definition) is 1. The fraction of sp³-hybridized carbons (Fsp3) is 0.750. The van der Waals surface area contributed by atoms with Crippen LogP contribution in [0.15, 0.2) is 6.07 Å². The minimum Gasteiger partial charge on any atom is -0.383 e. The van der Waals surface area contributed by atoms with E-state index in [4.69, 9.17) is 4.74 Å². The molecule has 0 aliphatic carbocycles. The van der Waals surface area contributed by atoms with Gasteiger partial charge < -0.3 is 10.1 Å². The number of rotatable bonds is 9. The maximum Gasteiger partial charge on any atom is 0.0615 e. The van der Waals surface area contributed by atoms with Crippen molar-refractivity contribution >= 4 is 11.3 Å². The summed E-state index contributed by atoms with van der Waals surface area (Å²) in [4.78, 5) is 5.34. The zero-order chi connectivity index (χ0) is 15.1. The van der Waals surface area contributed by atoms with E-state index in [-0.39, 0.29) is 0 Å². The molecule has 0 amide bonds. The third-order valence-electron chi connectivity index (χ3n) is 3.57. The molecule has 0 saturated carbocycles. The molecule has 1 aromatic rings. The molecule has 0 aliphatic heterocycles. The lowest BCUT2D eigenvalue weighted by Crippen LogP contribution is -2.35. The molecule has 1 unspecified atom stereocenters. The summed E-state index contributed by atoms with van der Waals surface area (Å²) in [6.45, 7) is 14.9. The van der Waals surface area contributed by atoms with E-state index in [1.807, 2.05) is 11.3 Å². The van der Waals surface area contributed by atoms with Gasteiger partial charge in [0.25, 0.3) is 0 Å². The van der Waals surface area contributed by atoms with Gasteiger partial charge >= 0.3 is 0 Å². The summed E-state index contributed by atoms with van der Waals surface area (Å²) in [5.41, 5.74) is 1.46. The third-order valence-corrected chi connectivity index (χ3v) is 4.66. The third kappa shape index (κ3) is 5.52. The van der Waals surface area contributed by atoms with Crippen molar-refractivity contribution in [1.82, 2.24) is 10.2 Å². The van der Waals surface area contributed by atoms with E-state index < -0.39 is 0 Å². The number of nitrogens with one attached hydrogen (secondary N) is 1. The first-order chi connectivity index (χ1) is 9.47. The molecule has 0 aliphatic rings. The SMILES string of the molecule is CCN(Cc1cc(CNC(C)C)sc1C)C(C)COC. The molecule has 0 saturated heterocycles. The molecular formula is C16H30N2OS. The lowest BCUT2D eigenvalue weighted by atomic mass is 10.2. The summed E-state index contributed by atoms with van der Waals surface area (Å²) < 4.78 is 5.28. The molecular weight excluding hydrogens is 268 g/mol. The molecule has 0 radical (unpaired) electrons. The largest absolute Gasteiger partial charge is 0.383 e. The first kappa shape index (κ1) is 17.6. The smallest absolute Gasteiger partial charge is 0.0615 e. The average molecular weight is 298 g/mol. The highest BCUT2D eigenvalue weighted by atomic mass is 32.1. The predicted molar refractivity (Wildman–Crippen MR) is 88.5 cm³/mol. The van der Waals surface area contributed by atoms with Gasteiger partial charge in [-0.25, -0.2) is 0 Å². The van der Waals surface area contributed by atoms with Gasteiger partial charge in [0.2, 0.25) is 0 Å². The van der Waals surface area contributed by atoms with Crippen LogP contribution in [-0.2, 0) is 17.8 Å². The Morgan fingerprint density at radius 1 is 1.35 bits per heavy atom. The highest BCUT2D eigenvalue weighted by molar-refractivity contribution is 7.12. The van der Waals surface area contributed by atoms with Crippen LogP contribution in [0.4, 0.5) is 0 Å². The molecule has 1 N–H and O–H groups in total. The monoisotopic (exact) mass is 298 g/mol. The first-order valence-corrected chi connectivity index (χ1v) is 8.34. The van der Waals surface area contributed by atoms with Crippen LogP contribution in [0.3, 0.4) is 0 Å². The van der Waals surface area contributed by atoms with Gasteiger partial charge in [-0.1, -0.05) is 20.8 Å². The second-order valence-corrected chi connectivity index (χ2v) is 7.04. The lowest BCUT2D eigenvalue weighted by Gasteiger charge is -2.27. The van der Waals surface area contributed by atoms with Crippen molar-refractivity contribution in [2.45, 2.75) is 59.8 Å². The summed E-state index contributed by atoms with van der Waals surface area (Å²) in [6.07, 6.45) is 0. The predicted octanol–water partition coefficient (Wildman–Crippen LogP) is 3.41. The number of aryl methyl sites for hydroxylation is 1. The number of nitrogens with zero attached hydrogens (tertiary/aromatic N) is 1. The molecule has 0 aromatic carbocycles. The fourth-order valence-corrected chi connectivity index (χ4v) is 3.29. The van der Waals surface area contributed by atoms with Crippen molar-refractivity contribution in [3.63, 3.8) is 0 Å². The number of ether oxygens (including phenoxy) is 1. The summed E-state index contributed by atoms with van der Waals surface area (Å²) in [5.74, 6) is 0. The van der Waals surface area contributed by atoms with Crippen molar-refractivity contribution < 1.29 is 4.74 Å². The van der Waals surface area contributed by atoms with Crippen molar-refractivity contribution in [2.75, 3.05) is 20.3 Å². The molecule has 3 nitrogen and oxygen atoms in total. The lowest BCUT2D eigenvalue weighted by molar-refractivity contribution is 0.0981. The molecule has 1 heterocycles. The van der Waals surface area contributed by atoms with Crippen LogP contribution in [-0.4, -0.2) is 37.2 Å². The minimum absolute atomic E-state index is 0.460. The van der Waals surface area contributed by atoms with Crippen LogP contribution in [0, 0.1) is 6.92 Å². The molecule has 4 heteroatoms. The Hall–Kier alpha value is -0.420. The Bertz CT molecular complexity index is 390. The fourth-order valence-electron chi connectivity index (χ4n) is 2.28. The number of methoxy groups -OCH3 is 1. The van der Waals surface area contributed by atoms with Crippen molar-refractivity contribution in [3.05, 3.63) is 21.4 Å². The topological polar surface area (TPSA) is 24.5 Å². The summed E-state index contributed by atoms with van der Waals surface area (Å²) in [5, 5.41) is 3.49. The standard InChI is InChI=1S/C16H30N2OS/c1-7-18(13(4)11-19-6)10-15-8-16(20-14(15)5)9-17-12(2)3/h8,12-13,17H,7,9-11H2,1-6H3. The Morgan fingerprint density at radius 2 is 2.05 bits per heavy atom. The van der Waals surface area contributed by atoms with E-state index in [0.717, 1.165) is 26.2 Å². The van der Waals surface area contributed by atoms with Crippen LogP contribution in [0.25, 0.3) is 0 Å². The zero-order valence-corrected chi connectivity index (χ0v) is 14.6. The second-order valence-electron chi connectivity index (χ2n) is 5.70. The molecule has 0 bridgehead atoms. The van der Waals surface area contributed by atoms with Crippen LogP contribution in [0.2, 0.25) is 0 Å². The van der Waals surface area contributed by atoms with Crippen LogP contribution in [0.1, 0.15) is 43.0 Å². The highest BCUT2D eigenvalue weighted by Crippen LogP contribution is 2.23. The zero-order valence-electron chi connectivity index (χ0n) is 13.8. The Morgan fingerprint density at radius 3 is 2.60 bits per heavy atom. The van der Waals surface area contributed by atoms with Crippen molar-refractivity contribution in [1.29, 1.82) is 0 Å². The number of thiophene rings is 1. The molecule has 116 valence electrons. The second kappa shape index (κ2) is 8.78. The van der Waals surface area contributed by atoms with E-state index in [1.165, 1.54) is 15.3 Å². The van der Waals surface area contributed by atoms with Gasteiger partial charge in [0.15, 0.2) is 0 Å². The maximum absolute atomic E-state index is 5.28. The van der Waals surface area contributed by atoms with Gasteiger partial charge in [0.05, 0.1) is 6.61 Å². The first-order valence-electron chi connectivity index (χ1n) is 7.52. The quantitative estimate of drug-likeness (QED) is 0.756. The maximum atomic E-state index is 5.28. The van der Waals surface area contributed by atoms with Gasteiger partial charge in [-0.05, 0) is 32.0 Å². The highest BCUT2D eigenvalue weighted by Gasteiger charge is 2.15. The normalized spacial score (nSPS) is 13.4. The van der Waals surface area contributed by atoms with Gasteiger partial charge in [0.1, 0.15) is 0 Å². The van der Waals surface area contributed by atoms with Gasteiger partial charge in [-0.15, -0.1) is 11.3 Å². The molecule has 1 aromatic heterocycles. The van der Waals surface area contributed by atoms with Gasteiger partial charge in [-0.2, -0.15) is 0 Å². The molecule has 1 atom stereocenters. The molecule has 20 heavy (non-hydrogen) atoms. The van der Waals surface area contributed by atoms with Crippen LogP contribution in [0.5, 0.6) is 0 Å². The minimum atomic E-state index is 0.460. The molecule has 0 spiro atoms. The number of likely N-dealkylation sites (N-methyl/N-ethyl adjacent to an activating group) is 1. The summed E-state index contributed by atoms with van der Waals surface area (Å²) in [7, 11) is 1.77. The van der Waals surface area contributed by atoms with Crippen LogP contribution < -0.4 is 5.32 Å². The Balaban J connectivity index is 2.66. The van der Waals surface area contributed by atoms with Gasteiger partial charge in [-0.3, -0.25) is 4.90 Å². The molecule has 1 rings (SSSR count). The van der Waals surface area contributed by atoms with Crippen molar-refractivity contribution in [2.24, 2.45) is 0 Å². The van der Waals surface area contributed by atoms with E-state index >= 15 is 0 Å². The average Bonchev–Trinajstić information content (AvgIpc) is 2.74. The van der Waals surface area contributed by atoms with Crippen molar-refractivity contribution in [3.8, 4) is 0 Å². The van der Waals surface area contributed by atoms with E-state index in [0.29, 0.717) is 12.1 Å². The summed E-state index contributed by atoms with van der Waals surface area (Å²) in [6, 6.07) is 3.36. The van der Waals surface area contributed by atoms with Gasteiger partial charge in [0, 0.05) is 42.0 Å². The summed E-state index contributed by atoms with van der Waals surface area (Å²) >= 11 is 1.91. The Kier molecular flexibility index (Phi) is 7.74. The number of hydrogen-bond acceptors (Lipinski definition) is 4. The molecule has 0 fully saturated rings. The van der Waals surface area contributed by atoms with E-state index in [2.05, 4.69) is 50.9 Å². The van der Waals surface area contributed by atoms with Crippen LogP contribution >= 0.6 is 11.3 Å². The Labute approximate surface area is 128 Å².